The van der Waals surface area contributed by atoms with Crippen molar-refractivity contribution in [3.8, 4) is 0 Å². The molecule has 6 heteroatoms. The molecule has 1 aliphatic heterocycles. The van der Waals surface area contributed by atoms with Gasteiger partial charge in [0.2, 0.25) is 5.91 Å². The predicted octanol–water partition coefficient (Wildman–Crippen LogP) is 0.433. The minimum atomic E-state index is -0.0920. The summed E-state index contributed by atoms with van der Waals surface area (Å²) < 4.78 is 2.09. The molecule has 1 amide bonds. The van der Waals surface area contributed by atoms with Crippen LogP contribution in [0.3, 0.4) is 0 Å². The van der Waals surface area contributed by atoms with Crippen molar-refractivity contribution in [1.29, 1.82) is 0 Å². The van der Waals surface area contributed by atoms with Gasteiger partial charge in [-0.15, -0.1) is 0 Å². The van der Waals surface area contributed by atoms with Crippen molar-refractivity contribution in [2.24, 2.45) is 0 Å². The van der Waals surface area contributed by atoms with E-state index >= 15 is 0 Å². The van der Waals surface area contributed by atoms with Crippen molar-refractivity contribution in [3.05, 3.63) is 33.2 Å². The molecule has 0 saturated carbocycles. The predicted molar refractivity (Wildman–Crippen MR) is 72.5 cm³/mol. The molecule has 1 N–H and O–H groups in total. The number of hydrogen-bond acceptors (Lipinski definition) is 3. The maximum absolute atomic E-state index is 11.9. The second-order valence-corrected chi connectivity index (χ2v) is 5.09. The van der Waals surface area contributed by atoms with Crippen LogP contribution >= 0.6 is 15.9 Å². The number of aromatic nitrogens is 1. The minimum Gasteiger partial charge on any atom is -0.340 e. The van der Waals surface area contributed by atoms with E-state index in [0.717, 1.165) is 26.2 Å². The Labute approximate surface area is 114 Å². The molecule has 0 aromatic carbocycles. The Morgan fingerprint density at radius 1 is 1.39 bits per heavy atom. The van der Waals surface area contributed by atoms with E-state index < -0.39 is 0 Å². The highest BCUT2D eigenvalue weighted by Crippen LogP contribution is 2.03. The quantitative estimate of drug-likeness (QED) is 0.880. The average Bonchev–Trinajstić information content (AvgIpc) is 2.41. The third-order valence-corrected chi connectivity index (χ3v) is 3.61. The number of piperazine rings is 1. The zero-order valence-corrected chi connectivity index (χ0v) is 11.6. The lowest BCUT2D eigenvalue weighted by molar-refractivity contribution is -0.132. The van der Waals surface area contributed by atoms with Gasteiger partial charge in [-0.2, -0.15) is 0 Å². The fraction of sp³-hybridized carbons (Fsp3) is 0.500. The molecule has 0 unspecified atom stereocenters. The summed E-state index contributed by atoms with van der Waals surface area (Å²) in [6, 6.07) is 3.50. The fourth-order valence-corrected chi connectivity index (χ4v) is 2.35. The molecule has 1 aromatic heterocycles. The molecule has 1 aromatic rings. The Morgan fingerprint density at radius 3 is 2.83 bits per heavy atom. The first-order chi connectivity index (χ1) is 8.68. The maximum Gasteiger partial charge on any atom is 0.264 e. The summed E-state index contributed by atoms with van der Waals surface area (Å²) in [6.45, 7) is 3.64. The Morgan fingerprint density at radius 2 is 2.11 bits per heavy atom. The van der Waals surface area contributed by atoms with Crippen LogP contribution in [-0.4, -0.2) is 41.6 Å². The van der Waals surface area contributed by atoms with Crippen LogP contribution in [0.25, 0.3) is 0 Å². The van der Waals surface area contributed by atoms with Gasteiger partial charge in [-0.3, -0.25) is 9.59 Å². The molecule has 0 atom stereocenters. The summed E-state index contributed by atoms with van der Waals surface area (Å²) in [5.74, 6) is 0.114. The van der Waals surface area contributed by atoms with Crippen LogP contribution in [-0.2, 0) is 11.3 Å². The molecule has 0 spiro atoms. The third-order valence-electron chi connectivity index (χ3n) is 3.01. The number of halogens is 1. The Bertz CT molecular complexity index is 480. The number of aryl methyl sites for hydroxylation is 1. The lowest BCUT2D eigenvalue weighted by Crippen LogP contribution is -2.46. The van der Waals surface area contributed by atoms with Crippen LogP contribution in [0.2, 0.25) is 0 Å². The normalized spacial score (nSPS) is 15.7. The highest BCUT2D eigenvalue weighted by molar-refractivity contribution is 9.10. The summed E-state index contributed by atoms with van der Waals surface area (Å²) in [7, 11) is 0. The van der Waals surface area contributed by atoms with Gasteiger partial charge in [-0.05, 0) is 28.1 Å². The minimum absolute atomic E-state index is 0.0920. The number of amides is 1. The van der Waals surface area contributed by atoms with Crippen LogP contribution in [0.5, 0.6) is 0 Å². The summed E-state index contributed by atoms with van der Waals surface area (Å²) in [5.41, 5.74) is -0.0920. The lowest BCUT2D eigenvalue weighted by Gasteiger charge is -2.27. The Balaban J connectivity index is 1.92. The van der Waals surface area contributed by atoms with Gasteiger partial charge in [0.05, 0.1) is 4.47 Å². The molecule has 0 radical (unpaired) electrons. The molecule has 0 aliphatic carbocycles. The SMILES string of the molecule is O=C(CCn1cccc(Br)c1=O)N1CCNCC1. The monoisotopic (exact) mass is 313 g/mol. The number of nitrogens with zero attached hydrogens (tertiary/aromatic N) is 2. The van der Waals surface area contributed by atoms with E-state index in [4.69, 9.17) is 0 Å². The first-order valence-corrected chi connectivity index (χ1v) is 6.81. The largest absolute Gasteiger partial charge is 0.340 e. The molecule has 1 aliphatic rings. The third kappa shape index (κ3) is 3.20. The molecule has 2 heterocycles. The molecule has 1 saturated heterocycles. The van der Waals surface area contributed by atoms with E-state index in [9.17, 15) is 9.59 Å². The van der Waals surface area contributed by atoms with Crippen molar-refractivity contribution >= 4 is 21.8 Å². The van der Waals surface area contributed by atoms with E-state index in [1.165, 1.54) is 0 Å². The van der Waals surface area contributed by atoms with Crippen molar-refractivity contribution < 1.29 is 4.79 Å². The summed E-state index contributed by atoms with van der Waals surface area (Å²) in [6.07, 6.45) is 2.08. The summed E-state index contributed by atoms with van der Waals surface area (Å²) in [4.78, 5) is 25.5. The zero-order valence-electron chi connectivity index (χ0n) is 10.1. The van der Waals surface area contributed by atoms with Crippen molar-refractivity contribution in [2.75, 3.05) is 26.2 Å². The van der Waals surface area contributed by atoms with Gasteiger partial charge in [-0.25, -0.2) is 0 Å². The van der Waals surface area contributed by atoms with Crippen LogP contribution in [0, 0.1) is 0 Å². The standard InChI is InChI=1S/C12H16BrN3O2/c13-10-2-1-6-16(12(10)18)7-3-11(17)15-8-4-14-5-9-15/h1-2,6,14H,3-5,7-9H2. The van der Waals surface area contributed by atoms with E-state index in [1.54, 1.807) is 22.9 Å². The van der Waals surface area contributed by atoms with Crippen molar-refractivity contribution in [3.63, 3.8) is 0 Å². The number of rotatable bonds is 3. The fourth-order valence-electron chi connectivity index (χ4n) is 1.97. The number of carbonyl (C=O) groups is 1. The average molecular weight is 314 g/mol. The van der Waals surface area contributed by atoms with Crippen LogP contribution in [0.1, 0.15) is 6.42 Å². The molecule has 2 rings (SSSR count). The molecule has 5 nitrogen and oxygen atoms in total. The highest BCUT2D eigenvalue weighted by atomic mass is 79.9. The maximum atomic E-state index is 11.9. The molecule has 98 valence electrons. The summed E-state index contributed by atoms with van der Waals surface area (Å²) >= 11 is 3.19. The number of hydrogen-bond donors (Lipinski definition) is 1. The molecule has 18 heavy (non-hydrogen) atoms. The van der Waals surface area contributed by atoms with Crippen molar-refractivity contribution in [2.45, 2.75) is 13.0 Å². The number of nitrogens with one attached hydrogen (secondary N) is 1. The topological polar surface area (TPSA) is 54.3 Å². The molecular weight excluding hydrogens is 298 g/mol. The number of carbonyl (C=O) groups excluding carboxylic acids is 1. The van der Waals surface area contributed by atoms with Crippen molar-refractivity contribution in [1.82, 2.24) is 14.8 Å². The van der Waals surface area contributed by atoms with Gasteiger partial charge in [-0.1, -0.05) is 0 Å². The smallest absolute Gasteiger partial charge is 0.264 e. The first kappa shape index (κ1) is 13.3. The lowest BCUT2D eigenvalue weighted by atomic mass is 10.3. The van der Waals surface area contributed by atoms with E-state index in [-0.39, 0.29) is 11.5 Å². The molecular formula is C12H16BrN3O2. The van der Waals surface area contributed by atoms with Crippen LogP contribution in [0.4, 0.5) is 0 Å². The van der Waals surface area contributed by atoms with Gasteiger partial charge in [0.1, 0.15) is 0 Å². The van der Waals surface area contributed by atoms with Gasteiger partial charge in [0.15, 0.2) is 0 Å². The molecule has 0 bridgehead atoms. The zero-order chi connectivity index (χ0) is 13.0. The number of pyridine rings is 1. The van der Waals surface area contributed by atoms with E-state index in [0.29, 0.717) is 17.4 Å². The second-order valence-electron chi connectivity index (χ2n) is 4.24. The highest BCUT2D eigenvalue weighted by Gasteiger charge is 2.15. The van der Waals surface area contributed by atoms with Gasteiger partial charge in [0, 0.05) is 45.3 Å². The van der Waals surface area contributed by atoms with E-state index in [1.807, 2.05) is 4.90 Å². The van der Waals surface area contributed by atoms with Crippen LogP contribution < -0.4 is 10.9 Å². The second kappa shape index (κ2) is 6.15. The summed E-state index contributed by atoms with van der Waals surface area (Å²) in [5, 5.41) is 3.20. The molecule has 1 fully saturated rings. The van der Waals surface area contributed by atoms with Crippen LogP contribution in [0.15, 0.2) is 27.6 Å². The van der Waals surface area contributed by atoms with Gasteiger partial charge in [0.25, 0.3) is 5.56 Å². The van der Waals surface area contributed by atoms with E-state index in [2.05, 4.69) is 21.2 Å². The Hall–Kier alpha value is -1.14. The first-order valence-electron chi connectivity index (χ1n) is 6.02. The van der Waals surface area contributed by atoms with Gasteiger partial charge >= 0.3 is 0 Å². The van der Waals surface area contributed by atoms with Gasteiger partial charge < -0.3 is 14.8 Å². The Kier molecular flexibility index (Phi) is 4.54.